The van der Waals surface area contributed by atoms with E-state index in [-0.39, 0.29) is 6.10 Å². The maximum atomic E-state index is 9.61. The van der Waals surface area contributed by atoms with Crippen molar-refractivity contribution < 1.29 is 5.11 Å². The Kier molecular flexibility index (Phi) is 4.78. The summed E-state index contributed by atoms with van der Waals surface area (Å²) < 4.78 is 0.966. The number of aromatic nitrogens is 2. The molecule has 1 aliphatic carbocycles. The zero-order chi connectivity index (χ0) is 14.0. The zero-order valence-corrected chi connectivity index (χ0v) is 13.6. The van der Waals surface area contributed by atoms with Crippen molar-refractivity contribution in [1.82, 2.24) is 9.97 Å². The zero-order valence-electron chi connectivity index (χ0n) is 11.4. The quantitative estimate of drug-likeness (QED) is 0.828. The van der Waals surface area contributed by atoms with Gasteiger partial charge in [-0.25, -0.2) is 9.97 Å². The molecule has 2 rings (SSSR count). The predicted octanol–water partition coefficient (Wildman–Crippen LogP) is 2.93. The number of hydrogen-bond acceptors (Lipinski definition) is 4. The molecule has 19 heavy (non-hydrogen) atoms. The topological polar surface area (TPSA) is 49.2 Å². The van der Waals surface area contributed by atoms with E-state index >= 15 is 0 Å². The summed E-state index contributed by atoms with van der Waals surface area (Å²) >= 11 is 2.23. The lowest BCUT2D eigenvalue weighted by Crippen LogP contribution is -2.37. The third-order valence-corrected chi connectivity index (χ3v) is 4.38. The second kappa shape index (κ2) is 6.17. The molecule has 1 aromatic heterocycles. The summed E-state index contributed by atoms with van der Waals surface area (Å²) in [6, 6.07) is 0.437. The molecule has 5 heteroatoms. The number of hydrogen-bond donors (Lipinski definition) is 1. The van der Waals surface area contributed by atoms with E-state index in [9.17, 15) is 5.11 Å². The van der Waals surface area contributed by atoms with Crippen LogP contribution in [0.2, 0.25) is 0 Å². The highest BCUT2D eigenvalue weighted by atomic mass is 127. The molecule has 0 bridgehead atoms. The molecule has 0 amide bonds. The molecule has 0 unspecified atom stereocenters. The first-order chi connectivity index (χ1) is 9.00. The first-order valence-electron chi connectivity index (χ1n) is 6.58. The van der Waals surface area contributed by atoms with Gasteiger partial charge in [-0.2, -0.15) is 0 Å². The van der Waals surface area contributed by atoms with Gasteiger partial charge in [-0.3, -0.25) is 0 Å². The van der Waals surface area contributed by atoms with Crippen molar-refractivity contribution in [2.75, 3.05) is 11.9 Å². The number of nitrogens with zero attached hydrogens (tertiary/aromatic N) is 3. The van der Waals surface area contributed by atoms with E-state index in [0.29, 0.717) is 6.04 Å². The molecule has 1 aromatic rings. The van der Waals surface area contributed by atoms with Gasteiger partial charge in [-0.15, -0.1) is 0 Å². The van der Waals surface area contributed by atoms with Crippen molar-refractivity contribution >= 4 is 32.0 Å². The number of halogens is 1. The van der Waals surface area contributed by atoms with Crippen LogP contribution < -0.4 is 4.90 Å². The first-order valence-corrected chi connectivity index (χ1v) is 7.66. The smallest absolute Gasteiger partial charge is 0.140 e. The van der Waals surface area contributed by atoms with Crippen molar-refractivity contribution in [3.8, 4) is 0 Å². The van der Waals surface area contributed by atoms with Crippen LogP contribution in [0.25, 0.3) is 3.58 Å². The Morgan fingerprint density at radius 1 is 1.37 bits per heavy atom. The molecule has 4 nitrogen and oxygen atoms in total. The number of aliphatic hydroxyl groups is 1. The lowest BCUT2D eigenvalue weighted by atomic mass is 9.92. The van der Waals surface area contributed by atoms with Gasteiger partial charge in [0.05, 0.1) is 17.4 Å². The summed E-state index contributed by atoms with van der Waals surface area (Å²) in [4.78, 5) is 10.9. The largest absolute Gasteiger partial charge is 0.393 e. The van der Waals surface area contributed by atoms with Crippen molar-refractivity contribution in [3.05, 3.63) is 24.2 Å². The average molecular weight is 373 g/mol. The minimum atomic E-state index is -0.129. The second-order valence-electron chi connectivity index (χ2n) is 5.14. The van der Waals surface area contributed by atoms with Crippen molar-refractivity contribution in [2.45, 2.75) is 44.8 Å². The van der Waals surface area contributed by atoms with E-state index in [1.807, 2.05) is 6.92 Å². The van der Waals surface area contributed by atoms with Crippen LogP contribution >= 0.6 is 22.6 Å². The molecule has 1 heterocycles. The van der Waals surface area contributed by atoms with Crippen LogP contribution in [0.5, 0.6) is 0 Å². The van der Waals surface area contributed by atoms with Gasteiger partial charge >= 0.3 is 0 Å². The number of anilines is 1. The van der Waals surface area contributed by atoms with Crippen LogP contribution in [0.1, 0.15) is 36.9 Å². The van der Waals surface area contributed by atoms with Gasteiger partial charge in [0.2, 0.25) is 0 Å². The van der Waals surface area contributed by atoms with E-state index in [0.717, 1.165) is 46.3 Å². The summed E-state index contributed by atoms with van der Waals surface area (Å²) in [5.74, 6) is 0.952. The van der Waals surface area contributed by atoms with Gasteiger partial charge in [0.15, 0.2) is 0 Å². The molecule has 0 aromatic carbocycles. The lowest BCUT2D eigenvalue weighted by Gasteiger charge is -2.34. The third-order valence-electron chi connectivity index (χ3n) is 3.84. The van der Waals surface area contributed by atoms with Crippen molar-refractivity contribution in [3.63, 3.8) is 0 Å². The molecular formula is C14H20IN3O. The van der Waals surface area contributed by atoms with E-state index in [2.05, 4.69) is 51.1 Å². The van der Waals surface area contributed by atoms with Gasteiger partial charge in [-0.1, -0.05) is 6.58 Å². The maximum absolute atomic E-state index is 9.61. The van der Waals surface area contributed by atoms with Gasteiger partial charge in [-0.05, 0) is 55.2 Å². The van der Waals surface area contributed by atoms with E-state index < -0.39 is 0 Å². The first kappa shape index (κ1) is 14.7. The molecule has 0 saturated heterocycles. The standard InChI is InChI=1S/C14H20IN3O/c1-9(15)13-10(2)16-8-17-14(13)18(3)11-4-6-12(19)7-5-11/h8,11-12,19H,1,4-7H2,2-3H3. The molecule has 1 aliphatic rings. The van der Waals surface area contributed by atoms with Crippen LogP contribution in [0.3, 0.4) is 0 Å². The molecule has 1 N–H and O–H groups in total. The van der Waals surface area contributed by atoms with Crippen LogP contribution in [0, 0.1) is 6.92 Å². The maximum Gasteiger partial charge on any atom is 0.140 e. The molecule has 0 radical (unpaired) electrons. The van der Waals surface area contributed by atoms with Crippen LogP contribution in [0.15, 0.2) is 12.9 Å². The lowest BCUT2D eigenvalue weighted by molar-refractivity contribution is 0.122. The van der Waals surface area contributed by atoms with Crippen LogP contribution in [-0.2, 0) is 0 Å². The highest BCUT2D eigenvalue weighted by Crippen LogP contribution is 2.33. The van der Waals surface area contributed by atoms with E-state index in [1.165, 1.54) is 0 Å². The van der Waals surface area contributed by atoms with Crippen molar-refractivity contribution in [2.24, 2.45) is 0 Å². The SMILES string of the molecule is C=C(I)c1c(C)ncnc1N(C)C1CCC(O)CC1. The monoisotopic (exact) mass is 373 g/mol. The Morgan fingerprint density at radius 3 is 2.58 bits per heavy atom. The number of aliphatic hydroxyl groups excluding tert-OH is 1. The molecule has 1 fully saturated rings. The fourth-order valence-electron chi connectivity index (χ4n) is 2.66. The Morgan fingerprint density at radius 2 is 2.00 bits per heavy atom. The highest BCUT2D eigenvalue weighted by Gasteiger charge is 2.25. The normalized spacial score (nSPS) is 23.2. The number of rotatable bonds is 3. The fourth-order valence-corrected chi connectivity index (χ4v) is 3.30. The third kappa shape index (κ3) is 3.25. The summed E-state index contributed by atoms with van der Waals surface area (Å²) in [6.45, 7) is 6.02. The van der Waals surface area contributed by atoms with Gasteiger partial charge in [0, 0.05) is 16.7 Å². The minimum absolute atomic E-state index is 0.129. The van der Waals surface area contributed by atoms with Gasteiger partial charge in [0.1, 0.15) is 12.1 Å². The molecule has 1 saturated carbocycles. The summed E-state index contributed by atoms with van der Waals surface area (Å²) in [5, 5.41) is 9.61. The highest BCUT2D eigenvalue weighted by molar-refractivity contribution is 14.1. The van der Waals surface area contributed by atoms with Crippen LogP contribution in [0.4, 0.5) is 5.82 Å². The molecule has 0 atom stereocenters. The molecule has 0 aliphatic heterocycles. The van der Waals surface area contributed by atoms with Gasteiger partial charge in [0.25, 0.3) is 0 Å². The summed E-state index contributed by atoms with van der Waals surface area (Å²) in [7, 11) is 2.08. The van der Waals surface area contributed by atoms with E-state index in [1.54, 1.807) is 6.33 Å². The van der Waals surface area contributed by atoms with Crippen LogP contribution in [-0.4, -0.2) is 34.3 Å². The molecule has 104 valence electrons. The number of aryl methyl sites for hydroxylation is 1. The average Bonchev–Trinajstić information content (AvgIpc) is 2.38. The molecule has 0 spiro atoms. The Bertz CT molecular complexity index is 470. The summed E-state index contributed by atoms with van der Waals surface area (Å²) in [5.41, 5.74) is 2.00. The Balaban J connectivity index is 2.26. The minimum Gasteiger partial charge on any atom is -0.393 e. The second-order valence-corrected chi connectivity index (χ2v) is 6.44. The Hall–Kier alpha value is -0.690. The fraction of sp³-hybridized carbons (Fsp3) is 0.571. The molecular weight excluding hydrogens is 353 g/mol. The predicted molar refractivity (Wildman–Crippen MR) is 86.5 cm³/mol. The summed E-state index contributed by atoms with van der Waals surface area (Å²) in [6.07, 6.45) is 5.25. The Labute approximate surface area is 128 Å². The van der Waals surface area contributed by atoms with E-state index in [4.69, 9.17) is 0 Å². The van der Waals surface area contributed by atoms with Crippen molar-refractivity contribution in [1.29, 1.82) is 0 Å². The van der Waals surface area contributed by atoms with Gasteiger partial charge < -0.3 is 10.0 Å².